The lowest BCUT2D eigenvalue weighted by molar-refractivity contribution is 0.267. The van der Waals surface area contributed by atoms with Crippen molar-refractivity contribution < 1.29 is 9.53 Å². The summed E-state index contributed by atoms with van der Waals surface area (Å²) in [7, 11) is 1.61. The van der Waals surface area contributed by atoms with Gasteiger partial charge in [0.05, 0.1) is 7.11 Å². The normalized spacial score (nSPS) is 9.69. The number of ether oxygens (including phenoxy) is 1. The van der Waals surface area contributed by atoms with E-state index in [4.69, 9.17) is 10.5 Å². The topological polar surface area (TPSA) is 52.3 Å². The quantitative estimate of drug-likeness (QED) is 0.739. The molecule has 0 aliphatic carbocycles. The maximum Gasteiger partial charge on any atom is 0.281 e. The Hall–Kier alpha value is -1.16. The van der Waals surface area contributed by atoms with Crippen LogP contribution in [0.2, 0.25) is 0 Å². The first-order chi connectivity index (χ1) is 6.13. The molecule has 4 heteroatoms. The molecular weight excluding hydrogens is 186 g/mol. The number of benzene rings is 1. The van der Waals surface area contributed by atoms with Crippen LogP contribution in [0.3, 0.4) is 0 Å². The SMILES string of the molecule is COc1ccc(SC(N)=O)cc1C. The first-order valence-electron chi connectivity index (χ1n) is 3.75. The maximum atomic E-state index is 10.6. The number of carbonyl (C=O) groups excluding carboxylic acids is 1. The Balaban J connectivity index is 2.89. The number of hydrogen-bond donors (Lipinski definition) is 1. The highest BCUT2D eigenvalue weighted by molar-refractivity contribution is 8.13. The minimum atomic E-state index is -0.399. The van der Waals surface area contributed by atoms with Gasteiger partial charge >= 0.3 is 0 Å². The monoisotopic (exact) mass is 197 g/mol. The first-order valence-corrected chi connectivity index (χ1v) is 4.57. The van der Waals surface area contributed by atoms with Crippen molar-refractivity contribution in [3.63, 3.8) is 0 Å². The van der Waals surface area contributed by atoms with Gasteiger partial charge in [-0.2, -0.15) is 0 Å². The van der Waals surface area contributed by atoms with Crippen LogP contribution in [0.1, 0.15) is 5.56 Å². The van der Waals surface area contributed by atoms with Crippen LogP contribution in [0.25, 0.3) is 0 Å². The second kappa shape index (κ2) is 4.18. The summed E-state index contributed by atoms with van der Waals surface area (Å²) in [6.07, 6.45) is 0. The number of aryl methyl sites for hydroxylation is 1. The molecule has 0 saturated carbocycles. The van der Waals surface area contributed by atoms with E-state index in [1.54, 1.807) is 13.2 Å². The van der Waals surface area contributed by atoms with Gasteiger partial charge in [-0.1, -0.05) is 0 Å². The van der Waals surface area contributed by atoms with Crippen LogP contribution in [0.15, 0.2) is 23.1 Å². The summed E-state index contributed by atoms with van der Waals surface area (Å²) in [5, 5.41) is -0.399. The van der Waals surface area contributed by atoms with Gasteiger partial charge in [-0.15, -0.1) is 0 Å². The van der Waals surface area contributed by atoms with Gasteiger partial charge in [0.1, 0.15) is 5.75 Å². The Morgan fingerprint density at radius 3 is 2.69 bits per heavy atom. The molecular formula is C9H11NO2S. The Morgan fingerprint density at radius 2 is 2.23 bits per heavy atom. The molecule has 0 aliphatic rings. The minimum Gasteiger partial charge on any atom is -0.496 e. The van der Waals surface area contributed by atoms with Crippen molar-refractivity contribution in [2.24, 2.45) is 5.73 Å². The fourth-order valence-corrected chi connectivity index (χ4v) is 1.63. The molecule has 1 amide bonds. The molecule has 0 aliphatic heterocycles. The molecule has 0 fully saturated rings. The van der Waals surface area contributed by atoms with Crippen molar-refractivity contribution in [1.82, 2.24) is 0 Å². The number of nitrogens with two attached hydrogens (primary N) is 1. The van der Waals surface area contributed by atoms with E-state index in [1.165, 1.54) is 0 Å². The Bertz CT molecular complexity index is 325. The zero-order valence-electron chi connectivity index (χ0n) is 7.53. The summed E-state index contributed by atoms with van der Waals surface area (Å²) in [5.41, 5.74) is 6.03. The van der Waals surface area contributed by atoms with Gasteiger partial charge < -0.3 is 10.5 Å². The number of carbonyl (C=O) groups is 1. The van der Waals surface area contributed by atoms with Crippen molar-refractivity contribution in [1.29, 1.82) is 0 Å². The summed E-state index contributed by atoms with van der Waals surface area (Å²) in [6.45, 7) is 1.92. The molecule has 3 nitrogen and oxygen atoms in total. The van der Waals surface area contributed by atoms with Crippen LogP contribution in [-0.4, -0.2) is 12.3 Å². The zero-order valence-corrected chi connectivity index (χ0v) is 8.35. The van der Waals surface area contributed by atoms with E-state index in [-0.39, 0.29) is 0 Å². The van der Waals surface area contributed by atoms with Crippen molar-refractivity contribution in [2.45, 2.75) is 11.8 Å². The lowest BCUT2D eigenvalue weighted by Gasteiger charge is -2.05. The fourth-order valence-electron chi connectivity index (χ4n) is 1.03. The molecule has 0 atom stereocenters. The second-order valence-electron chi connectivity index (χ2n) is 2.55. The van der Waals surface area contributed by atoms with Gasteiger partial charge in [-0.25, -0.2) is 0 Å². The van der Waals surface area contributed by atoms with E-state index in [0.717, 1.165) is 28.0 Å². The molecule has 0 heterocycles. The molecule has 70 valence electrons. The standard InChI is InChI=1S/C9H11NO2S/c1-6-5-7(13-9(10)11)3-4-8(6)12-2/h3-5H,1-2H3,(H2,10,11). The first kappa shape index (κ1) is 9.92. The third kappa shape index (κ3) is 2.66. The van der Waals surface area contributed by atoms with E-state index in [9.17, 15) is 4.79 Å². The molecule has 1 aromatic rings. The lowest BCUT2D eigenvalue weighted by Crippen LogP contribution is -2.01. The molecule has 0 aromatic heterocycles. The second-order valence-corrected chi connectivity index (χ2v) is 3.63. The molecule has 0 radical (unpaired) electrons. The average Bonchev–Trinajstić information content (AvgIpc) is 2.03. The molecule has 0 saturated heterocycles. The van der Waals surface area contributed by atoms with Crippen LogP contribution < -0.4 is 10.5 Å². The van der Waals surface area contributed by atoms with E-state index < -0.39 is 5.24 Å². The third-order valence-corrected chi connectivity index (χ3v) is 2.28. The summed E-state index contributed by atoms with van der Waals surface area (Å²) in [4.78, 5) is 11.4. The van der Waals surface area contributed by atoms with Gasteiger partial charge in [-0.3, -0.25) is 4.79 Å². The van der Waals surface area contributed by atoms with E-state index in [1.807, 2.05) is 19.1 Å². The molecule has 13 heavy (non-hydrogen) atoms. The smallest absolute Gasteiger partial charge is 0.281 e. The van der Waals surface area contributed by atoms with Crippen molar-refractivity contribution in [2.75, 3.05) is 7.11 Å². The highest BCUT2D eigenvalue weighted by atomic mass is 32.2. The number of rotatable bonds is 2. The Kier molecular flexibility index (Phi) is 3.19. The van der Waals surface area contributed by atoms with Crippen LogP contribution in [-0.2, 0) is 0 Å². The average molecular weight is 197 g/mol. The molecule has 1 rings (SSSR count). The predicted molar refractivity (Wildman–Crippen MR) is 53.2 cm³/mol. The molecule has 0 unspecified atom stereocenters. The van der Waals surface area contributed by atoms with Gasteiger partial charge in [0.15, 0.2) is 0 Å². The highest BCUT2D eigenvalue weighted by Crippen LogP contribution is 2.24. The van der Waals surface area contributed by atoms with E-state index in [2.05, 4.69) is 0 Å². The number of hydrogen-bond acceptors (Lipinski definition) is 3. The number of methoxy groups -OCH3 is 1. The molecule has 0 bridgehead atoms. The summed E-state index contributed by atoms with van der Waals surface area (Å²) >= 11 is 1.02. The van der Waals surface area contributed by atoms with Crippen molar-refractivity contribution >= 4 is 17.0 Å². The molecule has 1 aromatic carbocycles. The van der Waals surface area contributed by atoms with Crippen LogP contribution >= 0.6 is 11.8 Å². The van der Waals surface area contributed by atoms with Gasteiger partial charge in [0.25, 0.3) is 5.24 Å². The van der Waals surface area contributed by atoms with Gasteiger partial charge in [-0.05, 0) is 42.4 Å². The largest absolute Gasteiger partial charge is 0.496 e. The summed E-state index contributed by atoms with van der Waals surface area (Å²) in [6, 6.07) is 5.50. The maximum absolute atomic E-state index is 10.6. The number of primary amides is 1. The van der Waals surface area contributed by atoms with Crippen molar-refractivity contribution in [3.8, 4) is 5.75 Å². The van der Waals surface area contributed by atoms with Crippen LogP contribution in [0.5, 0.6) is 5.75 Å². The summed E-state index contributed by atoms with van der Waals surface area (Å²) < 4.78 is 5.08. The van der Waals surface area contributed by atoms with Crippen molar-refractivity contribution in [3.05, 3.63) is 23.8 Å². The fraction of sp³-hybridized carbons (Fsp3) is 0.222. The van der Waals surface area contributed by atoms with Gasteiger partial charge in [0, 0.05) is 4.90 Å². The van der Waals surface area contributed by atoms with Crippen LogP contribution in [0.4, 0.5) is 4.79 Å². The highest BCUT2D eigenvalue weighted by Gasteiger charge is 2.02. The molecule has 2 N–H and O–H groups in total. The third-order valence-electron chi connectivity index (χ3n) is 1.58. The predicted octanol–water partition coefficient (Wildman–Crippen LogP) is 2.17. The zero-order chi connectivity index (χ0) is 9.84. The number of amides is 1. The summed E-state index contributed by atoms with van der Waals surface area (Å²) in [5.74, 6) is 0.814. The van der Waals surface area contributed by atoms with Crippen LogP contribution in [0, 0.1) is 6.92 Å². The lowest BCUT2D eigenvalue weighted by atomic mass is 10.2. The Morgan fingerprint density at radius 1 is 1.54 bits per heavy atom. The van der Waals surface area contributed by atoms with Gasteiger partial charge in [0.2, 0.25) is 0 Å². The minimum absolute atomic E-state index is 0.399. The Labute approximate surface area is 81.3 Å². The van der Waals surface area contributed by atoms with E-state index in [0.29, 0.717) is 0 Å². The number of thioether (sulfide) groups is 1. The molecule has 0 spiro atoms. The van der Waals surface area contributed by atoms with E-state index >= 15 is 0 Å².